The number of esters is 2. The van der Waals surface area contributed by atoms with E-state index in [0.29, 0.717) is 11.1 Å². The van der Waals surface area contributed by atoms with Crippen LogP contribution in [0.1, 0.15) is 0 Å². The first-order valence-electron chi connectivity index (χ1n) is 4.58. The van der Waals surface area contributed by atoms with Gasteiger partial charge in [0.05, 0.1) is 28.3 Å². The molecule has 0 aromatic heterocycles. The number of rotatable bonds is 5. The summed E-state index contributed by atoms with van der Waals surface area (Å²) < 4.78 is 9.90. The highest BCUT2D eigenvalue weighted by Gasteiger charge is 2.07. The van der Waals surface area contributed by atoms with Crippen molar-refractivity contribution >= 4 is 11.9 Å². The zero-order valence-corrected chi connectivity index (χ0v) is 12.2. The number of likely N-dealkylation sites (N-methyl/N-ethyl adjacent to an activating group) is 1. The number of carbonyl (C=O) groups is 2. The minimum Gasteiger partial charge on any atom is -1.00 e. The second kappa shape index (κ2) is 8.51. The van der Waals surface area contributed by atoms with E-state index in [4.69, 9.17) is 4.74 Å². The molecule has 0 aliphatic carbocycles. The summed E-state index contributed by atoms with van der Waals surface area (Å²) in [6.45, 7) is 1.05. The largest absolute Gasteiger partial charge is 1.00 e. The van der Waals surface area contributed by atoms with E-state index in [1.807, 2.05) is 21.1 Å². The van der Waals surface area contributed by atoms with E-state index in [0.717, 1.165) is 18.7 Å². The van der Waals surface area contributed by atoms with Gasteiger partial charge in [-0.2, -0.15) is 0 Å². The smallest absolute Gasteiger partial charge is 0.331 e. The molecule has 0 saturated heterocycles. The quantitative estimate of drug-likeness (QED) is 0.231. The maximum atomic E-state index is 11.0. The molecule has 0 fully saturated rings. The van der Waals surface area contributed by atoms with Crippen LogP contribution in [0.25, 0.3) is 0 Å². The van der Waals surface area contributed by atoms with Crippen LogP contribution in [-0.2, 0) is 19.1 Å². The van der Waals surface area contributed by atoms with Gasteiger partial charge in [0, 0.05) is 12.2 Å². The SMILES string of the molecule is COC(=O)C=CC(=O)OCC[N+](C)(C)C.[I-]. The normalized spacial score (nSPS) is 10.8. The molecule has 6 heteroatoms. The topological polar surface area (TPSA) is 52.6 Å². The third-order valence-corrected chi connectivity index (χ3v) is 1.56. The predicted octanol–water partition coefficient (Wildman–Crippen LogP) is -3.03. The molecule has 0 spiro atoms. The van der Waals surface area contributed by atoms with Crippen LogP contribution in [0, 0.1) is 0 Å². The lowest BCUT2D eigenvalue weighted by Crippen LogP contribution is -3.00. The molecule has 0 bridgehead atoms. The summed E-state index contributed by atoms with van der Waals surface area (Å²) in [6.07, 6.45) is 2.09. The lowest BCUT2D eigenvalue weighted by atomic mass is 10.5. The van der Waals surface area contributed by atoms with Gasteiger partial charge in [0.15, 0.2) is 0 Å². The van der Waals surface area contributed by atoms with Crippen LogP contribution in [-0.4, -0.2) is 57.8 Å². The Hall–Kier alpha value is -0.630. The number of hydrogen-bond donors (Lipinski definition) is 0. The zero-order valence-electron chi connectivity index (χ0n) is 10.0. The highest BCUT2D eigenvalue weighted by molar-refractivity contribution is 5.91. The van der Waals surface area contributed by atoms with Crippen LogP contribution in [0.15, 0.2) is 12.2 Å². The van der Waals surface area contributed by atoms with Gasteiger partial charge in [0.25, 0.3) is 0 Å². The van der Waals surface area contributed by atoms with Crippen LogP contribution in [0.2, 0.25) is 0 Å². The molecule has 0 aromatic rings. The molecule has 16 heavy (non-hydrogen) atoms. The Morgan fingerprint density at radius 2 is 1.62 bits per heavy atom. The number of quaternary nitrogens is 1. The Bertz CT molecular complexity index is 258. The third-order valence-electron chi connectivity index (χ3n) is 1.56. The molecule has 0 aliphatic heterocycles. The molecular formula is C10H18INO4. The van der Waals surface area contributed by atoms with Gasteiger partial charge >= 0.3 is 11.9 Å². The highest BCUT2D eigenvalue weighted by Crippen LogP contribution is 1.91. The van der Waals surface area contributed by atoms with Crippen molar-refractivity contribution in [3.8, 4) is 0 Å². The van der Waals surface area contributed by atoms with Gasteiger partial charge in [-0.3, -0.25) is 0 Å². The molecule has 0 aliphatic rings. The molecule has 0 heterocycles. The Kier molecular flexibility index (Phi) is 9.45. The minimum absolute atomic E-state index is 0. The minimum atomic E-state index is -0.571. The maximum Gasteiger partial charge on any atom is 0.331 e. The summed E-state index contributed by atoms with van der Waals surface area (Å²) in [4.78, 5) is 21.7. The molecule has 0 atom stereocenters. The fraction of sp³-hybridized carbons (Fsp3) is 0.600. The average molecular weight is 343 g/mol. The number of halogens is 1. The van der Waals surface area contributed by atoms with Crippen molar-refractivity contribution < 1.29 is 47.5 Å². The van der Waals surface area contributed by atoms with Gasteiger partial charge < -0.3 is 37.9 Å². The Labute approximate surface area is 113 Å². The van der Waals surface area contributed by atoms with Crippen LogP contribution in [0.3, 0.4) is 0 Å². The molecule has 0 radical (unpaired) electrons. The van der Waals surface area contributed by atoms with E-state index in [-0.39, 0.29) is 24.0 Å². The van der Waals surface area contributed by atoms with Crippen molar-refractivity contribution in [2.24, 2.45) is 0 Å². The first-order valence-corrected chi connectivity index (χ1v) is 4.58. The second-order valence-electron chi connectivity index (χ2n) is 4.04. The Balaban J connectivity index is 0. The number of hydrogen-bond acceptors (Lipinski definition) is 4. The zero-order chi connectivity index (χ0) is 11.9. The number of nitrogens with zero attached hydrogens (tertiary/aromatic N) is 1. The summed E-state index contributed by atoms with van der Waals surface area (Å²) in [5, 5.41) is 0. The maximum absolute atomic E-state index is 11.0. The summed E-state index contributed by atoms with van der Waals surface area (Å²) >= 11 is 0. The van der Waals surface area contributed by atoms with Crippen molar-refractivity contribution in [1.29, 1.82) is 0 Å². The Morgan fingerprint density at radius 3 is 2.06 bits per heavy atom. The van der Waals surface area contributed by atoms with Gasteiger partial charge in [-0.1, -0.05) is 0 Å². The lowest BCUT2D eigenvalue weighted by molar-refractivity contribution is -0.870. The van der Waals surface area contributed by atoms with E-state index in [9.17, 15) is 9.59 Å². The van der Waals surface area contributed by atoms with Gasteiger partial charge in [-0.15, -0.1) is 0 Å². The van der Waals surface area contributed by atoms with E-state index in [1.54, 1.807) is 0 Å². The predicted molar refractivity (Wildman–Crippen MR) is 55.0 cm³/mol. The van der Waals surface area contributed by atoms with Gasteiger partial charge in [0.2, 0.25) is 0 Å². The average Bonchev–Trinajstić information content (AvgIpc) is 2.12. The fourth-order valence-electron chi connectivity index (χ4n) is 0.672. The first-order chi connectivity index (χ1) is 6.85. The van der Waals surface area contributed by atoms with Crippen LogP contribution >= 0.6 is 0 Å². The summed E-state index contributed by atoms with van der Waals surface area (Å²) in [6, 6.07) is 0. The molecule has 5 nitrogen and oxygen atoms in total. The molecule has 94 valence electrons. The van der Waals surface area contributed by atoms with Gasteiger partial charge in [-0.25, -0.2) is 9.59 Å². The molecule has 0 unspecified atom stereocenters. The Morgan fingerprint density at radius 1 is 1.12 bits per heavy atom. The van der Waals surface area contributed by atoms with Crippen molar-refractivity contribution in [2.45, 2.75) is 0 Å². The second-order valence-corrected chi connectivity index (χ2v) is 4.04. The first kappa shape index (κ1) is 17.8. The molecule has 0 N–H and O–H groups in total. The summed E-state index contributed by atoms with van der Waals surface area (Å²) in [5.41, 5.74) is 0. The molecular weight excluding hydrogens is 325 g/mol. The monoisotopic (exact) mass is 343 g/mol. The van der Waals surface area contributed by atoms with Crippen LogP contribution < -0.4 is 24.0 Å². The lowest BCUT2D eigenvalue weighted by Gasteiger charge is -2.23. The van der Waals surface area contributed by atoms with Gasteiger partial charge in [-0.05, 0) is 0 Å². The number of carbonyl (C=O) groups excluding carboxylic acids is 2. The van der Waals surface area contributed by atoms with Crippen molar-refractivity contribution in [3.05, 3.63) is 12.2 Å². The van der Waals surface area contributed by atoms with E-state index < -0.39 is 11.9 Å². The van der Waals surface area contributed by atoms with Crippen LogP contribution in [0.5, 0.6) is 0 Å². The fourth-order valence-corrected chi connectivity index (χ4v) is 0.672. The molecule has 0 aromatic carbocycles. The summed E-state index contributed by atoms with van der Waals surface area (Å²) in [7, 11) is 7.24. The standard InChI is InChI=1S/C10H18NO4.HI/c1-11(2,3)7-8-15-10(13)6-5-9(12)14-4;/h5-6H,7-8H2,1-4H3;1H/q+1;/p-1. The molecule has 0 saturated carbocycles. The van der Waals surface area contributed by atoms with Gasteiger partial charge in [0.1, 0.15) is 13.2 Å². The molecule has 0 rings (SSSR count). The van der Waals surface area contributed by atoms with E-state index >= 15 is 0 Å². The van der Waals surface area contributed by atoms with E-state index in [1.165, 1.54) is 7.11 Å². The number of methoxy groups -OCH3 is 1. The summed E-state index contributed by atoms with van der Waals surface area (Å²) in [5.74, 6) is -1.10. The van der Waals surface area contributed by atoms with Crippen molar-refractivity contribution in [1.82, 2.24) is 0 Å². The van der Waals surface area contributed by atoms with Crippen molar-refractivity contribution in [3.63, 3.8) is 0 Å². The van der Waals surface area contributed by atoms with Crippen molar-refractivity contribution in [2.75, 3.05) is 41.4 Å². The third kappa shape index (κ3) is 11.4. The highest BCUT2D eigenvalue weighted by atomic mass is 127. The van der Waals surface area contributed by atoms with Crippen LogP contribution in [0.4, 0.5) is 0 Å². The molecule has 0 amide bonds. The number of ether oxygens (including phenoxy) is 2. The van der Waals surface area contributed by atoms with E-state index in [2.05, 4.69) is 4.74 Å².